The van der Waals surface area contributed by atoms with Crippen LogP contribution in [0, 0.1) is 0 Å². The van der Waals surface area contributed by atoms with Gasteiger partial charge in [-0.2, -0.15) is 0 Å². The van der Waals surface area contributed by atoms with E-state index in [4.69, 9.17) is 18.9 Å². The van der Waals surface area contributed by atoms with Gasteiger partial charge in [-0.25, -0.2) is 0 Å². The normalized spacial score (nSPS) is 13.5. The average Bonchev–Trinajstić information content (AvgIpc) is 3.64. The number of rotatable bonds is 5. The Morgan fingerprint density at radius 3 is 2.03 bits per heavy atom. The molecule has 4 nitrogen and oxygen atoms in total. The zero-order valence-electron chi connectivity index (χ0n) is 21.1. The summed E-state index contributed by atoms with van der Waals surface area (Å²) >= 11 is 0. The zero-order valence-corrected chi connectivity index (χ0v) is 21.1. The molecule has 7 rings (SSSR count). The summed E-state index contributed by atoms with van der Waals surface area (Å²) in [4.78, 5) is 0. The summed E-state index contributed by atoms with van der Waals surface area (Å²) in [5.74, 6) is 3.16. The SMILES string of the molecule is CC/C=C\c1c(-c2ccc3cc4c(cc3c2)OCO4)cc(-c2ccc(-c3ccccc3)cc2)c2c1OCO2. The Bertz CT molecular complexity index is 1680. The number of hydrogen-bond acceptors (Lipinski definition) is 4. The van der Waals surface area contributed by atoms with Crippen molar-refractivity contribution in [1.82, 2.24) is 0 Å². The largest absolute Gasteiger partial charge is 0.454 e. The number of benzene rings is 5. The van der Waals surface area contributed by atoms with E-state index in [1.807, 2.05) is 12.1 Å². The first-order chi connectivity index (χ1) is 18.8. The summed E-state index contributed by atoms with van der Waals surface area (Å²) in [6.07, 6.45) is 5.24. The Kier molecular flexibility index (Phi) is 5.51. The van der Waals surface area contributed by atoms with Crippen LogP contribution >= 0.6 is 0 Å². The van der Waals surface area contributed by atoms with E-state index in [-0.39, 0.29) is 13.6 Å². The average molecular weight is 499 g/mol. The minimum absolute atomic E-state index is 0.210. The first-order valence-corrected chi connectivity index (χ1v) is 12.9. The molecule has 0 aromatic heterocycles. The molecular formula is C34H26O4. The lowest BCUT2D eigenvalue weighted by Gasteiger charge is -2.15. The van der Waals surface area contributed by atoms with E-state index in [1.165, 1.54) is 11.1 Å². The standard InChI is InChI=1S/C34H26O4/c1-2-3-9-28-29(26-15-14-25-17-31-32(36-20-35-31)18-27(25)16-26)19-30(34-33(28)37-21-38-34)24-12-10-23(11-13-24)22-7-5-4-6-8-22/h3-19H,2,20-21H2,1H3/b9-3-. The second-order valence-electron chi connectivity index (χ2n) is 9.47. The number of allylic oxidation sites excluding steroid dienone is 1. The van der Waals surface area contributed by atoms with E-state index in [9.17, 15) is 0 Å². The molecule has 5 aromatic rings. The van der Waals surface area contributed by atoms with Crippen molar-refractivity contribution in [3.63, 3.8) is 0 Å². The fraction of sp³-hybridized carbons (Fsp3) is 0.118. The predicted octanol–water partition coefficient (Wildman–Crippen LogP) is 8.72. The summed E-state index contributed by atoms with van der Waals surface area (Å²) in [5.41, 5.74) is 7.72. The Morgan fingerprint density at radius 2 is 1.24 bits per heavy atom. The van der Waals surface area contributed by atoms with Crippen molar-refractivity contribution in [3.05, 3.63) is 103 Å². The van der Waals surface area contributed by atoms with Crippen molar-refractivity contribution >= 4 is 16.8 Å². The third-order valence-electron chi connectivity index (χ3n) is 7.15. The van der Waals surface area contributed by atoms with Crippen molar-refractivity contribution in [1.29, 1.82) is 0 Å². The van der Waals surface area contributed by atoms with Crippen molar-refractivity contribution in [2.45, 2.75) is 13.3 Å². The molecular weight excluding hydrogens is 472 g/mol. The van der Waals surface area contributed by atoms with Gasteiger partial charge in [-0.1, -0.05) is 85.8 Å². The third kappa shape index (κ3) is 3.86. The van der Waals surface area contributed by atoms with Crippen LogP contribution in [0.15, 0.2) is 97.1 Å². The van der Waals surface area contributed by atoms with Crippen LogP contribution in [0.2, 0.25) is 0 Å². The predicted molar refractivity (Wildman–Crippen MR) is 152 cm³/mol. The highest BCUT2D eigenvalue weighted by atomic mass is 16.7. The fourth-order valence-electron chi connectivity index (χ4n) is 5.22. The van der Waals surface area contributed by atoms with Gasteiger partial charge >= 0.3 is 0 Å². The Labute approximate surface area is 221 Å². The highest BCUT2D eigenvalue weighted by Crippen LogP contribution is 2.49. The second-order valence-corrected chi connectivity index (χ2v) is 9.47. The Hall–Kier alpha value is -4.70. The number of fused-ring (bicyclic) bond motifs is 3. The molecule has 0 spiro atoms. The molecule has 38 heavy (non-hydrogen) atoms. The minimum Gasteiger partial charge on any atom is -0.454 e. The molecule has 0 unspecified atom stereocenters. The first kappa shape index (κ1) is 22.5. The quantitative estimate of drug-likeness (QED) is 0.243. The van der Waals surface area contributed by atoms with Crippen molar-refractivity contribution in [2.75, 3.05) is 13.6 Å². The van der Waals surface area contributed by atoms with Gasteiger partial charge in [0, 0.05) is 11.1 Å². The van der Waals surface area contributed by atoms with Gasteiger partial charge in [0.15, 0.2) is 23.0 Å². The van der Waals surface area contributed by atoms with Gasteiger partial charge in [-0.15, -0.1) is 0 Å². The van der Waals surface area contributed by atoms with Gasteiger partial charge < -0.3 is 18.9 Å². The number of hydrogen-bond donors (Lipinski definition) is 0. The van der Waals surface area contributed by atoms with Crippen LogP contribution in [0.25, 0.3) is 50.2 Å². The maximum Gasteiger partial charge on any atom is 0.231 e. The van der Waals surface area contributed by atoms with E-state index >= 15 is 0 Å². The molecule has 0 saturated heterocycles. The summed E-state index contributed by atoms with van der Waals surface area (Å²) in [6, 6.07) is 31.9. The molecule has 0 bridgehead atoms. The molecule has 0 radical (unpaired) electrons. The van der Waals surface area contributed by atoms with Crippen LogP contribution in [-0.2, 0) is 0 Å². The minimum atomic E-state index is 0.210. The first-order valence-electron chi connectivity index (χ1n) is 12.9. The maximum absolute atomic E-state index is 6.08. The van der Waals surface area contributed by atoms with E-state index in [0.717, 1.165) is 68.0 Å². The van der Waals surface area contributed by atoms with Crippen LogP contribution in [0.3, 0.4) is 0 Å². The molecule has 0 aliphatic carbocycles. The summed E-state index contributed by atoms with van der Waals surface area (Å²) in [7, 11) is 0. The smallest absolute Gasteiger partial charge is 0.231 e. The topological polar surface area (TPSA) is 36.9 Å². The second kappa shape index (κ2) is 9.31. The van der Waals surface area contributed by atoms with Crippen molar-refractivity contribution < 1.29 is 18.9 Å². The highest BCUT2D eigenvalue weighted by molar-refractivity contribution is 5.94. The lowest BCUT2D eigenvalue weighted by atomic mass is 9.90. The van der Waals surface area contributed by atoms with Crippen LogP contribution in [-0.4, -0.2) is 13.6 Å². The van der Waals surface area contributed by atoms with E-state index in [0.29, 0.717) is 0 Å². The summed E-state index contributed by atoms with van der Waals surface area (Å²) < 4.78 is 23.3. The van der Waals surface area contributed by atoms with E-state index in [2.05, 4.69) is 97.9 Å². The van der Waals surface area contributed by atoms with Crippen molar-refractivity contribution in [3.8, 4) is 56.4 Å². The van der Waals surface area contributed by atoms with Gasteiger partial charge in [0.05, 0.1) is 0 Å². The molecule has 2 heterocycles. The lowest BCUT2D eigenvalue weighted by molar-refractivity contribution is 0.174. The van der Waals surface area contributed by atoms with Crippen LogP contribution in [0.1, 0.15) is 18.9 Å². The molecule has 4 heteroatoms. The van der Waals surface area contributed by atoms with E-state index < -0.39 is 0 Å². The fourth-order valence-corrected chi connectivity index (χ4v) is 5.22. The molecule has 186 valence electrons. The molecule has 0 amide bonds. The summed E-state index contributed by atoms with van der Waals surface area (Å²) in [5, 5.41) is 2.21. The summed E-state index contributed by atoms with van der Waals surface area (Å²) in [6.45, 7) is 2.61. The van der Waals surface area contributed by atoms with Gasteiger partial charge in [-0.3, -0.25) is 0 Å². The molecule has 0 fully saturated rings. The van der Waals surface area contributed by atoms with Gasteiger partial charge in [0.25, 0.3) is 0 Å². The van der Waals surface area contributed by atoms with Gasteiger partial charge in [0.2, 0.25) is 13.6 Å². The molecule has 0 saturated carbocycles. The molecule has 0 atom stereocenters. The lowest BCUT2D eigenvalue weighted by Crippen LogP contribution is -1.94. The van der Waals surface area contributed by atoms with Crippen LogP contribution in [0.5, 0.6) is 23.0 Å². The Morgan fingerprint density at radius 1 is 0.579 bits per heavy atom. The van der Waals surface area contributed by atoms with Crippen LogP contribution in [0.4, 0.5) is 0 Å². The molecule has 5 aromatic carbocycles. The third-order valence-corrected chi connectivity index (χ3v) is 7.15. The highest BCUT2D eigenvalue weighted by Gasteiger charge is 2.26. The maximum atomic E-state index is 6.08. The monoisotopic (exact) mass is 498 g/mol. The Balaban J connectivity index is 1.39. The van der Waals surface area contributed by atoms with Crippen molar-refractivity contribution in [2.24, 2.45) is 0 Å². The molecule has 2 aliphatic heterocycles. The van der Waals surface area contributed by atoms with Gasteiger partial charge in [0.1, 0.15) is 0 Å². The van der Waals surface area contributed by atoms with Gasteiger partial charge in [-0.05, 0) is 69.3 Å². The molecule has 0 N–H and O–H groups in total. The number of ether oxygens (including phenoxy) is 4. The zero-order chi connectivity index (χ0) is 25.5. The van der Waals surface area contributed by atoms with Crippen LogP contribution < -0.4 is 18.9 Å². The molecule has 2 aliphatic rings. The van der Waals surface area contributed by atoms with E-state index in [1.54, 1.807) is 0 Å².